The molecule has 0 aliphatic carbocycles. The average Bonchev–Trinajstić information content (AvgIpc) is 3.00. The van der Waals surface area contributed by atoms with Crippen molar-refractivity contribution in [1.82, 2.24) is 15.2 Å². The Labute approximate surface area is 193 Å². The van der Waals surface area contributed by atoms with Gasteiger partial charge in [-0.25, -0.2) is 4.98 Å². The smallest absolute Gasteiger partial charge is 0.169 e. The normalized spacial score (nSPS) is 17.1. The summed E-state index contributed by atoms with van der Waals surface area (Å²) in [7, 11) is 0. The van der Waals surface area contributed by atoms with Crippen LogP contribution in [-0.4, -0.2) is 57.2 Å². The number of para-hydroxylation sites is 1. The zero-order valence-corrected chi connectivity index (χ0v) is 18.8. The summed E-state index contributed by atoms with van der Waals surface area (Å²) in [5, 5.41) is 28.0. The number of benzene rings is 1. The van der Waals surface area contributed by atoms with Gasteiger partial charge in [-0.05, 0) is 56.5 Å². The number of aliphatic hydroxyl groups is 1. The van der Waals surface area contributed by atoms with Crippen molar-refractivity contribution in [3.63, 3.8) is 0 Å². The molecule has 0 amide bonds. The Bertz CT molecular complexity index is 1190. The molecule has 1 aromatic carbocycles. The molecule has 0 spiro atoms. The quantitative estimate of drug-likeness (QED) is 0.529. The van der Waals surface area contributed by atoms with Gasteiger partial charge in [-0.15, -0.1) is 10.2 Å². The highest BCUT2D eigenvalue weighted by Crippen LogP contribution is 2.32. The van der Waals surface area contributed by atoms with E-state index in [-0.39, 0.29) is 5.75 Å². The van der Waals surface area contributed by atoms with Crippen molar-refractivity contribution < 1.29 is 10.2 Å². The maximum absolute atomic E-state index is 10.2. The molecule has 0 saturated carbocycles. The number of phenolic OH excluding ortho intramolecular Hbond substituents is 1. The third-order valence-corrected chi connectivity index (χ3v) is 5.77. The van der Waals surface area contributed by atoms with Crippen molar-refractivity contribution in [2.75, 3.05) is 35.2 Å². The van der Waals surface area contributed by atoms with Gasteiger partial charge in [0.15, 0.2) is 5.82 Å². The molecule has 0 radical (unpaired) electrons. The standard InChI is InChI=1S/C25H28N6O2/c1-17-10-12-30(13-14-31(17)20-9-11-27-19(15-20)8-7-18(2)32)23-16-22(28-29-25(23)26)21-5-3-4-6-24(21)33/h3-6,9,11,15-18,32-33H,10,12-14H2,1-2H3,(H2,26,29)/t17-,18+/m0/s1. The largest absolute Gasteiger partial charge is 0.507 e. The van der Waals surface area contributed by atoms with E-state index in [1.807, 2.05) is 30.3 Å². The van der Waals surface area contributed by atoms with E-state index in [0.717, 1.165) is 37.4 Å². The van der Waals surface area contributed by atoms with Gasteiger partial charge in [-0.2, -0.15) is 0 Å². The molecule has 4 N–H and O–H groups in total. The van der Waals surface area contributed by atoms with E-state index in [1.165, 1.54) is 0 Å². The van der Waals surface area contributed by atoms with Crippen molar-refractivity contribution in [2.45, 2.75) is 32.4 Å². The fourth-order valence-electron chi connectivity index (χ4n) is 3.99. The van der Waals surface area contributed by atoms with Gasteiger partial charge < -0.3 is 25.7 Å². The average molecular weight is 445 g/mol. The first kappa shape index (κ1) is 22.4. The fourth-order valence-corrected chi connectivity index (χ4v) is 3.99. The Morgan fingerprint density at radius 1 is 1.12 bits per heavy atom. The first-order valence-corrected chi connectivity index (χ1v) is 11.0. The molecule has 33 heavy (non-hydrogen) atoms. The Morgan fingerprint density at radius 2 is 1.94 bits per heavy atom. The van der Waals surface area contributed by atoms with Crippen LogP contribution < -0.4 is 15.5 Å². The molecular formula is C25H28N6O2. The van der Waals surface area contributed by atoms with Crippen LogP contribution >= 0.6 is 0 Å². The van der Waals surface area contributed by atoms with Gasteiger partial charge in [-0.3, -0.25) is 0 Å². The molecule has 170 valence electrons. The van der Waals surface area contributed by atoms with Gasteiger partial charge in [0.2, 0.25) is 0 Å². The Morgan fingerprint density at radius 3 is 2.73 bits per heavy atom. The molecule has 2 atom stereocenters. The van der Waals surface area contributed by atoms with Gasteiger partial charge in [0, 0.05) is 43.1 Å². The number of aliphatic hydroxyl groups excluding tert-OH is 1. The van der Waals surface area contributed by atoms with E-state index >= 15 is 0 Å². The van der Waals surface area contributed by atoms with Gasteiger partial charge in [0.05, 0.1) is 11.4 Å². The zero-order valence-electron chi connectivity index (χ0n) is 18.8. The monoisotopic (exact) mass is 444 g/mol. The molecule has 8 heteroatoms. The van der Waals surface area contributed by atoms with Crippen LogP contribution in [0.15, 0.2) is 48.7 Å². The molecule has 3 heterocycles. The van der Waals surface area contributed by atoms with Crippen molar-refractivity contribution in [3.8, 4) is 28.8 Å². The van der Waals surface area contributed by atoms with E-state index in [4.69, 9.17) is 5.73 Å². The lowest BCUT2D eigenvalue weighted by Crippen LogP contribution is -2.35. The van der Waals surface area contributed by atoms with Crippen LogP contribution in [0.1, 0.15) is 26.0 Å². The Hall–Kier alpha value is -3.83. The maximum atomic E-state index is 10.2. The second kappa shape index (κ2) is 9.76. The molecule has 0 bridgehead atoms. The molecule has 4 rings (SSSR count). The molecule has 3 aromatic rings. The Kier molecular flexibility index (Phi) is 6.61. The second-order valence-electron chi connectivity index (χ2n) is 8.18. The summed E-state index contributed by atoms with van der Waals surface area (Å²) in [4.78, 5) is 8.86. The summed E-state index contributed by atoms with van der Waals surface area (Å²) in [5.74, 6) is 6.19. The zero-order chi connectivity index (χ0) is 23.4. The van der Waals surface area contributed by atoms with Crippen LogP contribution in [0.2, 0.25) is 0 Å². The van der Waals surface area contributed by atoms with Gasteiger partial charge in [0.1, 0.15) is 17.5 Å². The van der Waals surface area contributed by atoms with Crippen LogP contribution in [0.3, 0.4) is 0 Å². The van der Waals surface area contributed by atoms with Crippen LogP contribution in [0, 0.1) is 11.8 Å². The van der Waals surface area contributed by atoms with Crippen molar-refractivity contribution in [3.05, 3.63) is 54.4 Å². The van der Waals surface area contributed by atoms with Crippen LogP contribution in [0.25, 0.3) is 11.3 Å². The number of aromatic hydroxyl groups is 1. The minimum absolute atomic E-state index is 0.158. The molecule has 1 saturated heterocycles. The number of aromatic nitrogens is 3. The minimum atomic E-state index is -0.691. The van der Waals surface area contributed by atoms with Crippen molar-refractivity contribution in [1.29, 1.82) is 0 Å². The van der Waals surface area contributed by atoms with Gasteiger partial charge in [0.25, 0.3) is 0 Å². The maximum Gasteiger partial charge on any atom is 0.169 e. The molecule has 0 unspecified atom stereocenters. The van der Waals surface area contributed by atoms with Crippen LogP contribution in [0.4, 0.5) is 17.2 Å². The number of hydrogen-bond donors (Lipinski definition) is 3. The lowest BCUT2D eigenvalue weighted by Gasteiger charge is -2.29. The molecule has 8 nitrogen and oxygen atoms in total. The molecule has 1 fully saturated rings. The third-order valence-electron chi connectivity index (χ3n) is 5.77. The molecule has 1 aliphatic rings. The van der Waals surface area contributed by atoms with Gasteiger partial charge in [-0.1, -0.05) is 18.1 Å². The van der Waals surface area contributed by atoms with E-state index in [1.54, 1.807) is 25.3 Å². The highest BCUT2D eigenvalue weighted by Gasteiger charge is 2.24. The molecular weight excluding hydrogens is 416 g/mol. The number of nitrogen functional groups attached to an aromatic ring is 1. The predicted octanol–water partition coefficient (Wildman–Crippen LogP) is 2.66. The minimum Gasteiger partial charge on any atom is -0.507 e. The number of nitrogens with zero attached hydrogens (tertiary/aromatic N) is 5. The summed E-state index contributed by atoms with van der Waals surface area (Å²) >= 11 is 0. The lowest BCUT2D eigenvalue weighted by molar-refractivity contribution is 0.253. The summed E-state index contributed by atoms with van der Waals surface area (Å²) in [5.41, 5.74) is 9.92. The van der Waals surface area contributed by atoms with Crippen molar-refractivity contribution in [2.24, 2.45) is 0 Å². The third kappa shape index (κ3) is 5.16. The number of pyridine rings is 1. The van der Waals surface area contributed by atoms with Crippen LogP contribution in [0.5, 0.6) is 5.75 Å². The van der Waals surface area contributed by atoms with Gasteiger partial charge >= 0.3 is 0 Å². The molecule has 1 aliphatic heterocycles. The van der Waals surface area contributed by atoms with E-state index < -0.39 is 6.10 Å². The number of phenols is 1. The van der Waals surface area contributed by atoms with E-state index in [9.17, 15) is 10.2 Å². The molecule has 2 aromatic heterocycles. The van der Waals surface area contributed by atoms with Crippen molar-refractivity contribution >= 4 is 17.2 Å². The summed E-state index contributed by atoms with van der Waals surface area (Å²) in [6.07, 6.45) is 1.98. The SMILES string of the molecule is C[C@@H](O)C#Cc1cc(N2CCN(c3cc(-c4ccccc4O)nnc3N)CC[C@@H]2C)ccn1. The number of rotatable bonds is 3. The predicted molar refractivity (Wildman–Crippen MR) is 130 cm³/mol. The summed E-state index contributed by atoms with van der Waals surface area (Å²) < 4.78 is 0. The highest BCUT2D eigenvalue weighted by molar-refractivity contribution is 5.74. The first-order valence-electron chi connectivity index (χ1n) is 11.0. The fraction of sp³-hybridized carbons (Fsp3) is 0.320. The van der Waals surface area contributed by atoms with E-state index in [0.29, 0.717) is 28.8 Å². The highest BCUT2D eigenvalue weighted by atomic mass is 16.3. The van der Waals surface area contributed by atoms with E-state index in [2.05, 4.69) is 43.7 Å². The van der Waals surface area contributed by atoms with Crippen LogP contribution in [-0.2, 0) is 0 Å². The topological polar surface area (TPSA) is 112 Å². The number of nitrogens with two attached hydrogens (primary N) is 1. The Balaban J connectivity index is 1.57. The number of anilines is 3. The second-order valence-corrected chi connectivity index (χ2v) is 8.18. The lowest BCUT2D eigenvalue weighted by atomic mass is 10.1. The first-order chi connectivity index (χ1) is 15.9. The summed E-state index contributed by atoms with van der Waals surface area (Å²) in [6.45, 7) is 6.17. The number of hydrogen-bond acceptors (Lipinski definition) is 8. The summed E-state index contributed by atoms with van der Waals surface area (Å²) in [6, 6.07) is 13.2.